The molecule has 7 heteroatoms. The van der Waals surface area contributed by atoms with Crippen LogP contribution in [0.2, 0.25) is 0 Å². The van der Waals surface area contributed by atoms with Gasteiger partial charge in [-0.25, -0.2) is 0 Å². The van der Waals surface area contributed by atoms with Crippen LogP contribution < -0.4 is 5.32 Å². The molecule has 1 aromatic rings. The second kappa shape index (κ2) is 8.10. The van der Waals surface area contributed by atoms with Crippen molar-refractivity contribution in [2.75, 3.05) is 19.4 Å². The maximum atomic E-state index is 11.5. The van der Waals surface area contributed by atoms with Crippen molar-refractivity contribution < 1.29 is 13.9 Å². The number of carbonyl (C=O) groups excluding carboxylic acids is 1. The highest BCUT2D eigenvalue weighted by Crippen LogP contribution is 2.17. The number of methoxy groups -OCH3 is 1. The molecule has 0 radical (unpaired) electrons. The summed E-state index contributed by atoms with van der Waals surface area (Å²) in [5.41, 5.74) is 0. The first-order valence-electron chi connectivity index (χ1n) is 5.91. The molecule has 102 valence electrons. The van der Waals surface area contributed by atoms with Crippen LogP contribution in [0.1, 0.15) is 25.7 Å². The van der Waals surface area contributed by atoms with Gasteiger partial charge in [-0.05, 0) is 19.4 Å². The maximum absolute atomic E-state index is 11.5. The molecule has 1 heterocycles. The predicted octanol–water partition coefficient (Wildman–Crippen LogP) is 1.40. The average Bonchev–Trinajstić information content (AvgIpc) is 2.78. The first kappa shape index (κ1) is 15.0. The SMILES string of the molecule is CCCNC(CCSc1nnc(C)o1)C(=O)OC. The lowest BCUT2D eigenvalue weighted by Gasteiger charge is -2.15. The van der Waals surface area contributed by atoms with Gasteiger partial charge in [-0.2, -0.15) is 0 Å². The lowest BCUT2D eigenvalue weighted by molar-refractivity contribution is -0.143. The molecule has 0 aliphatic carbocycles. The molecule has 1 rings (SSSR count). The fraction of sp³-hybridized carbons (Fsp3) is 0.727. The van der Waals surface area contributed by atoms with E-state index in [4.69, 9.17) is 9.15 Å². The van der Waals surface area contributed by atoms with Crippen LogP contribution in [0.25, 0.3) is 0 Å². The Morgan fingerprint density at radius 3 is 2.89 bits per heavy atom. The van der Waals surface area contributed by atoms with Crippen LogP contribution in [0.5, 0.6) is 0 Å². The number of nitrogens with one attached hydrogen (secondary N) is 1. The van der Waals surface area contributed by atoms with Gasteiger partial charge in [0.05, 0.1) is 7.11 Å². The number of carbonyl (C=O) groups is 1. The fourth-order valence-corrected chi connectivity index (χ4v) is 2.17. The predicted molar refractivity (Wildman–Crippen MR) is 68.5 cm³/mol. The van der Waals surface area contributed by atoms with Crippen LogP contribution >= 0.6 is 11.8 Å². The Bertz CT molecular complexity index is 370. The minimum absolute atomic E-state index is 0.231. The topological polar surface area (TPSA) is 77.3 Å². The highest BCUT2D eigenvalue weighted by molar-refractivity contribution is 7.99. The molecule has 0 aliphatic rings. The first-order valence-corrected chi connectivity index (χ1v) is 6.90. The van der Waals surface area contributed by atoms with Crippen molar-refractivity contribution in [1.82, 2.24) is 15.5 Å². The van der Waals surface area contributed by atoms with Crippen molar-refractivity contribution >= 4 is 17.7 Å². The zero-order chi connectivity index (χ0) is 13.4. The van der Waals surface area contributed by atoms with Crippen LogP contribution in [0.4, 0.5) is 0 Å². The monoisotopic (exact) mass is 273 g/mol. The van der Waals surface area contributed by atoms with Gasteiger partial charge in [-0.15, -0.1) is 10.2 Å². The highest BCUT2D eigenvalue weighted by Gasteiger charge is 2.18. The van der Waals surface area contributed by atoms with Crippen molar-refractivity contribution in [3.8, 4) is 0 Å². The second-order valence-electron chi connectivity index (χ2n) is 3.75. The van der Waals surface area contributed by atoms with Gasteiger partial charge in [0.15, 0.2) is 0 Å². The molecule has 0 bridgehead atoms. The van der Waals surface area contributed by atoms with Crippen LogP contribution in [0.3, 0.4) is 0 Å². The molecule has 0 spiro atoms. The average molecular weight is 273 g/mol. The molecule has 1 unspecified atom stereocenters. The zero-order valence-electron chi connectivity index (χ0n) is 10.9. The van der Waals surface area contributed by atoms with Gasteiger partial charge in [0.2, 0.25) is 5.89 Å². The zero-order valence-corrected chi connectivity index (χ0v) is 11.7. The van der Waals surface area contributed by atoms with Crippen molar-refractivity contribution in [2.24, 2.45) is 0 Å². The largest absolute Gasteiger partial charge is 0.468 e. The minimum Gasteiger partial charge on any atom is -0.468 e. The van der Waals surface area contributed by atoms with Gasteiger partial charge in [-0.3, -0.25) is 4.79 Å². The van der Waals surface area contributed by atoms with Crippen molar-refractivity contribution in [3.05, 3.63) is 5.89 Å². The summed E-state index contributed by atoms with van der Waals surface area (Å²) >= 11 is 1.44. The Morgan fingerprint density at radius 1 is 1.56 bits per heavy atom. The number of hydrogen-bond acceptors (Lipinski definition) is 7. The molecule has 1 atom stereocenters. The number of rotatable bonds is 8. The standard InChI is InChI=1S/C11H19N3O3S/c1-4-6-12-9(10(15)16-3)5-7-18-11-14-13-8(2)17-11/h9,12H,4-7H2,1-3H3. The highest BCUT2D eigenvalue weighted by atomic mass is 32.2. The number of esters is 1. The summed E-state index contributed by atoms with van der Waals surface area (Å²) in [5, 5.41) is 11.3. The molecular formula is C11H19N3O3S. The van der Waals surface area contributed by atoms with E-state index in [1.165, 1.54) is 18.9 Å². The Kier molecular flexibility index (Phi) is 6.74. The summed E-state index contributed by atoms with van der Waals surface area (Å²) in [4.78, 5) is 11.5. The van der Waals surface area contributed by atoms with E-state index in [-0.39, 0.29) is 12.0 Å². The Balaban J connectivity index is 2.34. The third kappa shape index (κ3) is 5.05. The molecule has 0 saturated carbocycles. The molecule has 0 amide bonds. The lowest BCUT2D eigenvalue weighted by atomic mass is 10.2. The van der Waals surface area contributed by atoms with Crippen LogP contribution in [0, 0.1) is 6.92 Å². The van der Waals surface area contributed by atoms with Gasteiger partial charge in [0.1, 0.15) is 6.04 Å². The first-order chi connectivity index (χ1) is 8.67. The van der Waals surface area contributed by atoms with Crippen molar-refractivity contribution in [3.63, 3.8) is 0 Å². The third-order valence-corrected chi connectivity index (χ3v) is 3.12. The summed E-state index contributed by atoms with van der Waals surface area (Å²) in [6.07, 6.45) is 1.64. The van der Waals surface area contributed by atoms with E-state index in [1.54, 1.807) is 6.92 Å². The fourth-order valence-electron chi connectivity index (χ4n) is 1.36. The number of aromatic nitrogens is 2. The summed E-state index contributed by atoms with van der Waals surface area (Å²) in [6, 6.07) is -0.272. The van der Waals surface area contributed by atoms with E-state index in [9.17, 15) is 4.79 Å². The van der Waals surface area contributed by atoms with Crippen LogP contribution in [0.15, 0.2) is 9.64 Å². The van der Waals surface area contributed by atoms with E-state index in [0.29, 0.717) is 17.5 Å². The Hall–Kier alpha value is -1.08. The molecular weight excluding hydrogens is 254 g/mol. The van der Waals surface area contributed by atoms with E-state index in [2.05, 4.69) is 22.4 Å². The summed E-state index contributed by atoms with van der Waals surface area (Å²) in [7, 11) is 1.40. The molecule has 0 fully saturated rings. The Labute approximate surface area is 111 Å². The van der Waals surface area contributed by atoms with Crippen molar-refractivity contribution in [1.29, 1.82) is 0 Å². The maximum Gasteiger partial charge on any atom is 0.322 e. The van der Waals surface area contributed by atoms with E-state index < -0.39 is 0 Å². The molecule has 1 N–H and O–H groups in total. The quantitative estimate of drug-likeness (QED) is 0.566. The second-order valence-corrected chi connectivity index (χ2v) is 4.80. The summed E-state index contributed by atoms with van der Waals surface area (Å²) in [6.45, 7) is 4.60. The van der Waals surface area contributed by atoms with Crippen molar-refractivity contribution in [2.45, 2.75) is 38.0 Å². The number of ether oxygens (including phenoxy) is 1. The Morgan fingerprint density at radius 2 is 2.33 bits per heavy atom. The molecule has 0 aromatic carbocycles. The summed E-state index contributed by atoms with van der Waals surface area (Å²) < 4.78 is 9.99. The van der Waals surface area contributed by atoms with Crippen LogP contribution in [-0.4, -0.2) is 41.6 Å². The van der Waals surface area contributed by atoms with Crippen LogP contribution in [-0.2, 0) is 9.53 Å². The lowest BCUT2D eigenvalue weighted by Crippen LogP contribution is -2.38. The number of nitrogens with zero attached hydrogens (tertiary/aromatic N) is 2. The van der Waals surface area contributed by atoms with Gasteiger partial charge in [0, 0.05) is 12.7 Å². The smallest absolute Gasteiger partial charge is 0.322 e. The van der Waals surface area contributed by atoms with E-state index in [1.807, 2.05) is 0 Å². The number of aryl methyl sites for hydroxylation is 1. The number of hydrogen-bond donors (Lipinski definition) is 1. The van der Waals surface area contributed by atoms with E-state index >= 15 is 0 Å². The normalized spacial score (nSPS) is 12.4. The molecule has 0 saturated heterocycles. The molecule has 0 aliphatic heterocycles. The molecule has 1 aromatic heterocycles. The molecule has 6 nitrogen and oxygen atoms in total. The van der Waals surface area contributed by atoms with E-state index in [0.717, 1.165) is 18.7 Å². The van der Waals surface area contributed by atoms with Gasteiger partial charge >= 0.3 is 5.97 Å². The molecule has 18 heavy (non-hydrogen) atoms. The number of thioether (sulfide) groups is 1. The minimum atomic E-state index is -0.272. The summed E-state index contributed by atoms with van der Waals surface area (Å²) in [5.74, 6) is 1.04. The van der Waals surface area contributed by atoms with Gasteiger partial charge in [0.25, 0.3) is 5.22 Å². The van der Waals surface area contributed by atoms with Gasteiger partial charge in [-0.1, -0.05) is 18.7 Å². The third-order valence-electron chi connectivity index (χ3n) is 2.27. The van der Waals surface area contributed by atoms with Gasteiger partial charge < -0.3 is 14.5 Å².